The van der Waals surface area contributed by atoms with Gasteiger partial charge < -0.3 is 16.0 Å². The lowest BCUT2D eigenvalue weighted by atomic mass is 10.2. The molecule has 23 heavy (non-hydrogen) atoms. The van der Waals surface area contributed by atoms with Crippen molar-refractivity contribution < 1.29 is 9.59 Å². The van der Waals surface area contributed by atoms with Gasteiger partial charge in [0, 0.05) is 43.0 Å². The first kappa shape index (κ1) is 17.4. The smallest absolute Gasteiger partial charge is 0.272 e. The molecule has 1 aliphatic heterocycles. The molecule has 2 rings (SSSR count). The van der Waals surface area contributed by atoms with Gasteiger partial charge in [0.15, 0.2) is 0 Å². The van der Waals surface area contributed by atoms with E-state index in [0.29, 0.717) is 5.75 Å². The zero-order valence-electron chi connectivity index (χ0n) is 13.0. The van der Waals surface area contributed by atoms with Crippen molar-refractivity contribution in [3.63, 3.8) is 0 Å². The van der Waals surface area contributed by atoms with Gasteiger partial charge in [-0.15, -0.1) is 0 Å². The number of aromatic nitrogens is 2. The van der Waals surface area contributed by atoms with Crippen LogP contribution in [0.1, 0.15) is 17.4 Å². The van der Waals surface area contributed by atoms with Crippen LogP contribution in [0.2, 0.25) is 0 Å². The van der Waals surface area contributed by atoms with E-state index in [9.17, 15) is 9.59 Å². The summed E-state index contributed by atoms with van der Waals surface area (Å²) in [5.74, 6) is 0.789. The molecule has 0 saturated heterocycles. The molecular formula is C15H21N5O2S. The van der Waals surface area contributed by atoms with Crippen molar-refractivity contribution in [2.45, 2.75) is 19.0 Å². The Hall–Kier alpha value is -1.93. The summed E-state index contributed by atoms with van der Waals surface area (Å²) >= 11 is 1.62. The van der Waals surface area contributed by atoms with Gasteiger partial charge in [0.2, 0.25) is 5.91 Å². The minimum absolute atomic E-state index is 0.0929. The lowest BCUT2D eigenvalue weighted by Gasteiger charge is -2.20. The van der Waals surface area contributed by atoms with Crippen molar-refractivity contribution in [3.8, 4) is 0 Å². The SMILES string of the molecule is C[C@H]1/C=C/CNCCSC[C@H](NC(=O)c2cnccn2)C(=O)N1. The van der Waals surface area contributed by atoms with E-state index >= 15 is 0 Å². The second kappa shape index (κ2) is 9.26. The Labute approximate surface area is 139 Å². The van der Waals surface area contributed by atoms with E-state index in [2.05, 4.69) is 25.9 Å². The third-order valence-corrected chi connectivity index (χ3v) is 4.24. The fourth-order valence-corrected chi connectivity index (χ4v) is 2.93. The minimum atomic E-state index is -0.607. The molecule has 2 atom stereocenters. The summed E-state index contributed by atoms with van der Waals surface area (Å²) in [6.07, 6.45) is 8.25. The van der Waals surface area contributed by atoms with Crippen LogP contribution < -0.4 is 16.0 Å². The number of carbonyl (C=O) groups is 2. The maximum atomic E-state index is 12.4. The fourth-order valence-electron chi connectivity index (χ4n) is 2.01. The molecule has 0 saturated carbocycles. The summed E-state index contributed by atoms with van der Waals surface area (Å²) in [4.78, 5) is 32.4. The van der Waals surface area contributed by atoms with Crippen molar-refractivity contribution in [3.05, 3.63) is 36.4 Å². The highest BCUT2D eigenvalue weighted by Gasteiger charge is 2.23. The normalized spacial score (nSPS) is 24.7. The number of thioether (sulfide) groups is 1. The molecule has 7 nitrogen and oxygen atoms in total. The van der Waals surface area contributed by atoms with Gasteiger partial charge in [0.1, 0.15) is 11.7 Å². The van der Waals surface area contributed by atoms with Gasteiger partial charge >= 0.3 is 0 Å². The highest BCUT2D eigenvalue weighted by molar-refractivity contribution is 7.99. The Morgan fingerprint density at radius 2 is 2.30 bits per heavy atom. The Kier molecular flexibility index (Phi) is 7.02. The summed E-state index contributed by atoms with van der Waals surface area (Å²) in [5.41, 5.74) is 0.200. The number of nitrogens with zero attached hydrogens (tertiary/aromatic N) is 2. The average Bonchev–Trinajstić information content (AvgIpc) is 2.55. The van der Waals surface area contributed by atoms with Crippen LogP contribution in [0, 0.1) is 0 Å². The molecule has 8 heteroatoms. The third-order valence-electron chi connectivity index (χ3n) is 3.18. The summed E-state index contributed by atoms with van der Waals surface area (Å²) < 4.78 is 0. The Balaban J connectivity index is 2.03. The first-order chi connectivity index (χ1) is 11.2. The lowest BCUT2D eigenvalue weighted by Crippen LogP contribution is -2.50. The standard InChI is InChI=1S/C15H21N5O2S/c1-11-3-2-4-16-7-8-23-10-13(15(22)19-11)20-14(21)12-9-17-5-6-18-12/h2-3,5-6,9,11,13,16H,4,7-8,10H2,1H3,(H,19,22)(H,20,21)/b3-2+/t11-,13-/m0/s1. The van der Waals surface area contributed by atoms with Crippen molar-refractivity contribution in [1.82, 2.24) is 25.9 Å². The van der Waals surface area contributed by atoms with Crippen LogP contribution in [-0.4, -0.2) is 58.5 Å². The van der Waals surface area contributed by atoms with E-state index in [0.717, 1.165) is 18.8 Å². The van der Waals surface area contributed by atoms with Crippen molar-refractivity contribution >= 4 is 23.6 Å². The van der Waals surface area contributed by atoms with E-state index in [-0.39, 0.29) is 17.6 Å². The second-order valence-electron chi connectivity index (χ2n) is 5.12. The molecule has 1 aromatic rings. The molecule has 2 heterocycles. The molecule has 0 bridgehead atoms. The van der Waals surface area contributed by atoms with Crippen LogP contribution in [0.3, 0.4) is 0 Å². The van der Waals surface area contributed by atoms with Gasteiger partial charge in [-0.3, -0.25) is 14.6 Å². The number of hydrogen-bond acceptors (Lipinski definition) is 6. The molecular weight excluding hydrogens is 314 g/mol. The van der Waals surface area contributed by atoms with E-state index in [1.165, 1.54) is 18.6 Å². The molecule has 124 valence electrons. The summed E-state index contributed by atoms with van der Waals surface area (Å²) in [5, 5.41) is 8.92. The minimum Gasteiger partial charge on any atom is -0.348 e. The van der Waals surface area contributed by atoms with Crippen molar-refractivity contribution in [1.29, 1.82) is 0 Å². The van der Waals surface area contributed by atoms with Gasteiger partial charge in [-0.05, 0) is 6.92 Å². The zero-order valence-corrected chi connectivity index (χ0v) is 13.8. The zero-order chi connectivity index (χ0) is 16.5. The van der Waals surface area contributed by atoms with E-state index in [1.54, 1.807) is 11.8 Å². The lowest BCUT2D eigenvalue weighted by molar-refractivity contribution is -0.122. The van der Waals surface area contributed by atoms with Gasteiger partial charge in [0.05, 0.1) is 6.20 Å². The molecule has 2 amide bonds. The van der Waals surface area contributed by atoms with Crippen LogP contribution in [0.5, 0.6) is 0 Å². The van der Waals surface area contributed by atoms with E-state index < -0.39 is 11.9 Å². The number of nitrogens with one attached hydrogen (secondary N) is 3. The van der Waals surface area contributed by atoms with Crippen LogP contribution in [-0.2, 0) is 4.79 Å². The molecule has 3 N–H and O–H groups in total. The molecule has 0 fully saturated rings. The predicted molar refractivity (Wildman–Crippen MR) is 90.2 cm³/mol. The quantitative estimate of drug-likeness (QED) is 0.657. The molecule has 0 aliphatic carbocycles. The number of carbonyl (C=O) groups excluding carboxylic acids is 2. The Morgan fingerprint density at radius 3 is 3.09 bits per heavy atom. The predicted octanol–water partition coefficient (Wildman–Crippen LogP) is -0.0277. The summed E-state index contributed by atoms with van der Waals surface area (Å²) in [7, 11) is 0. The van der Waals surface area contributed by atoms with Gasteiger partial charge in [-0.2, -0.15) is 11.8 Å². The largest absolute Gasteiger partial charge is 0.348 e. The Bertz CT molecular complexity index is 552. The van der Waals surface area contributed by atoms with Gasteiger partial charge in [0.25, 0.3) is 5.91 Å². The maximum absolute atomic E-state index is 12.4. The third kappa shape index (κ3) is 5.99. The van der Waals surface area contributed by atoms with Crippen LogP contribution in [0.15, 0.2) is 30.7 Å². The number of amides is 2. The Morgan fingerprint density at radius 1 is 1.43 bits per heavy atom. The first-order valence-corrected chi connectivity index (χ1v) is 8.64. The van der Waals surface area contributed by atoms with Crippen molar-refractivity contribution in [2.75, 3.05) is 24.6 Å². The van der Waals surface area contributed by atoms with E-state index in [1.807, 2.05) is 19.1 Å². The molecule has 1 aromatic heterocycles. The summed E-state index contributed by atoms with van der Waals surface area (Å²) in [6.45, 7) is 3.54. The second-order valence-corrected chi connectivity index (χ2v) is 6.27. The van der Waals surface area contributed by atoms with Crippen molar-refractivity contribution in [2.24, 2.45) is 0 Å². The molecule has 0 spiro atoms. The highest BCUT2D eigenvalue weighted by atomic mass is 32.2. The molecule has 1 aliphatic rings. The topological polar surface area (TPSA) is 96.0 Å². The summed E-state index contributed by atoms with van der Waals surface area (Å²) in [6, 6.07) is -0.700. The fraction of sp³-hybridized carbons (Fsp3) is 0.467. The average molecular weight is 335 g/mol. The maximum Gasteiger partial charge on any atom is 0.272 e. The van der Waals surface area contributed by atoms with Gasteiger partial charge in [-0.1, -0.05) is 12.2 Å². The number of rotatable bonds is 2. The molecule has 0 unspecified atom stereocenters. The highest BCUT2D eigenvalue weighted by Crippen LogP contribution is 2.05. The van der Waals surface area contributed by atoms with Gasteiger partial charge in [-0.25, -0.2) is 4.98 Å². The number of hydrogen-bond donors (Lipinski definition) is 3. The van der Waals surface area contributed by atoms with Crippen LogP contribution in [0.4, 0.5) is 0 Å². The van der Waals surface area contributed by atoms with E-state index in [4.69, 9.17) is 0 Å². The first-order valence-electron chi connectivity index (χ1n) is 7.49. The van der Waals surface area contributed by atoms with Crippen LogP contribution >= 0.6 is 11.8 Å². The molecule has 0 radical (unpaired) electrons. The molecule has 0 aromatic carbocycles. The van der Waals surface area contributed by atoms with Crippen LogP contribution in [0.25, 0.3) is 0 Å². The monoisotopic (exact) mass is 335 g/mol.